The number of furan rings is 1. The number of halogens is 1. The lowest BCUT2D eigenvalue weighted by molar-refractivity contribution is 0.0992. The molecule has 0 fully saturated rings. The summed E-state index contributed by atoms with van der Waals surface area (Å²) in [7, 11) is 3.15. The quantitative estimate of drug-likeness (QED) is 0.183. The van der Waals surface area contributed by atoms with Crippen molar-refractivity contribution in [1.29, 1.82) is 0 Å². The number of carbonyl (C=O) groups excluding carboxylic acids is 1. The molecule has 3 heterocycles. The van der Waals surface area contributed by atoms with E-state index in [0.717, 1.165) is 16.5 Å². The van der Waals surface area contributed by atoms with Crippen molar-refractivity contribution in [3.8, 4) is 28.1 Å². The molecule has 0 spiro atoms. The summed E-state index contributed by atoms with van der Waals surface area (Å²) in [5, 5.41) is 5.61. The van der Waals surface area contributed by atoms with Crippen molar-refractivity contribution >= 4 is 33.1 Å². The number of methoxy groups -OCH3 is 2. The zero-order valence-electron chi connectivity index (χ0n) is 21.9. The number of ether oxygens (including phenoxy) is 3. The average molecular weight is 558 g/mol. The normalized spacial score (nSPS) is 11.3. The molecule has 0 bridgehead atoms. The number of nitrogens with zero attached hydrogens (tertiary/aromatic N) is 3. The summed E-state index contributed by atoms with van der Waals surface area (Å²) >= 11 is 1.33. The summed E-state index contributed by atoms with van der Waals surface area (Å²) in [6, 6.07) is 17.5. The third kappa shape index (κ3) is 5.13. The van der Waals surface area contributed by atoms with Crippen LogP contribution < -0.4 is 14.2 Å². The Morgan fingerprint density at radius 3 is 2.67 bits per heavy atom. The molecule has 10 heteroatoms. The van der Waals surface area contributed by atoms with E-state index in [9.17, 15) is 9.18 Å². The molecule has 0 aliphatic heterocycles. The van der Waals surface area contributed by atoms with E-state index in [-0.39, 0.29) is 18.8 Å². The van der Waals surface area contributed by atoms with Crippen molar-refractivity contribution in [2.75, 3.05) is 14.2 Å². The molecule has 6 rings (SSSR count). The summed E-state index contributed by atoms with van der Waals surface area (Å²) in [6.45, 7) is 2.02. The first-order chi connectivity index (χ1) is 19.4. The summed E-state index contributed by atoms with van der Waals surface area (Å²) in [6.07, 6.45) is 1.94. The van der Waals surface area contributed by atoms with Gasteiger partial charge in [0, 0.05) is 24.1 Å². The van der Waals surface area contributed by atoms with Gasteiger partial charge in [0.05, 0.1) is 25.8 Å². The molecule has 0 saturated heterocycles. The molecule has 0 amide bonds. The number of imidazole rings is 1. The molecule has 0 N–H and O–H groups in total. The van der Waals surface area contributed by atoms with E-state index in [1.54, 1.807) is 50.1 Å². The highest BCUT2D eigenvalue weighted by Gasteiger charge is 2.17. The number of aromatic nitrogens is 3. The number of hydrogen-bond acceptors (Lipinski definition) is 8. The zero-order chi connectivity index (χ0) is 27.8. The van der Waals surface area contributed by atoms with Crippen LogP contribution >= 0.6 is 11.3 Å². The maximum absolute atomic E-state index is 13.8. The molecule has 3 aromatic carbocycles. The first-order valence-electron chi connectivity index (χ1n) is 12.4. The lowest BCUT2D eigenvalue weighted by Crippen LogP contribution is -2.05. The van der Waals surface area contributed by atoms with Gasteiger partial charge in [0.15, 0.2) is 11.5 Å². The number of ketones is 1. The van der Waals surface area contributed by atoms with E-state index in [1.165, 1.54) is 23.5 Å². The number of rotatable bonds is 9. The Kier molecular flexibility index (Phi) is 6.69. The third-order valence-electron chi connectivity index (χ3n) is 6.37. The van der Waals surface area contributed by atoms with Crippen LogP contribution in [-0.4, -0.2) is 34.6 Å². The van der Waals surface area contributed by atoms with Crippen LogP contribution in [0.3, 0.4) is 0 Å². The monoisotopic (exact) mass is 557 g/mol. The Balaban J connectivity index is 1.23. The van der Waals surface area contributed by atoms with Crippen molar-refractivity contribution in [2.24, 2.45) is 0 Å². The zero-order valence-corrected chi connectivity index (χ0v) is 22.8. The fourth-order valence-electron chi connectivity index (χ4n) is 4.50. The SMILES string of the molecule is COc1cc(OCc2cccc(CC(=O)c3cc(C)cc(F)c3)c2)c2cc(-c3cn4nc(OC)sc4n3)oc2c1. The molecule has 202 valence electrons. The van der Waals surface area contributed by atoms with Gasteiger partial charge >= 0.3 is 0 Å². The van der Waals surface area contributed by atoms with Crippen LogP contribution in [0.25, 0.3) is 27.4 Å². The third-order valence-corrected chi connectivity index (χ3v) is 7.26. The molecule has 0 radical (unpaired) electrons. The molecule has 3 aromatic heterocycles. The van der Waals surface area contributed by atoms with Gasteiger partial charge in [-0.2, -0.15) is 0 Å². The minimum absolute atomic E-state index is 0.145. The molecule has 0 unspecified atom stereocenters. The second kappa shape index (κ2) is 10.5. The fraction of sp³-hybridized carbons (Fsp3) is 0.167. The maximum Gasteiger partial charge on any atom is 0.294 e. The van der Waals surface area contributed by atoms with E-state index in [4.69, 9.17) is 18.6 Å². The summed E-state index contributed by atoms with van der Waals surface area (Å²) < 4.78 is 38.4. The van der Waals surface area contributed by atoms with Gasteiger partial charge in [-0.05, 0) is 59.2 Å². The molecule has 0 atom stereocenters. The number of Topliss-reactive ketones (excluding diaryl/α,β-unsaturated/α-hetero) is 1. The first kappa shape index (κ1) is 25.6. The van der Waals surface area contributed by atoms with Gasteiger partial charge in [0.2, 0.25) is 4.96 Å². The molecule has 0 aliphatic rings. The second-order valence-corrected chi connectivity index (χ2v) is 10.2. The minimum Gasteiger partial charge on any atom is -0.496 e. The first-order valence-corrected chi connectivity index (χ1v) is 13.2. The van der Waals surface area contributed by atoms with Crippen LogP contribution in [0.2, 0.25) is 0 Å². The van der Waals surface area contributed by atoms with Crippen molar-refractivity contribution in [3.63, 3.8) is 0 Å². The van der Waals surface area contributed by atoms with Crippen molar-refractivity contribution in [2.45, 2.75) is 20.0 Å². The molecular weight excluding hydrogens is 533 g/mol. The van der Waals surface area contributed by atoms with Crippen molar-refractivity contribution in [3.05, 3.63) is 94.9 Å². The topological polar surface area (TPSA) is 88.1 Å². The summed E-state index contributed by atoms with van der Waals surface area (Å²) in [5.41, 5.74) is 4.00. The van der Waals surface area contributed by atoms with E-state index >= 15 is 0 Å². The molecular formula is C30H24FN3O5S. The van der Waals surface area contributed by atoms with E-state index in [1.807, 2.05) is 30.3 Å². The van der Waals surface area contributed by atoms with Gasteiger partial charge in [-0.15, -0.1) is 5.10 Å². The molecule has 0 saturated carbocycles. The smallest absolute Gasteiger partial charge is 0.294 e. The van der Waals surface area contributed by atoms with Crippen LogP contribution in [0.15, 0.2) is 71.3 Å². The van der Waals surface area contributed by atoms with Crippen molar-refractivity contribution in [1.82, 2.24) is 14.6 Å². The molecule has 0 aliphatic carbocycles. The number of fused-ring (bicyclic) bond motifs is 2. The molecule has 6 aromatic rings. The van der Waals surface area contributed by atoms with Gasteiger partial charge in [0.1, 0.15) is 35.2 Å². The number of hydrogen-bond donors (Lipinski definition) is 0. The minimum atomic E-state index is -0.415. The van der Waals surface area contributed by atoms with Gasteiger partial charge in [-0.3, -0.25) is 4.79 Å². The lowest BCUT2D eigenvalue weighted by atomic mass is 10.00. The van der Waals surface area contributed by atoms with Crippen LogP contribution in [0.1, 0.15) is 27.0 Å². The summed E-state index contributed by atoms with van der Waals surface area (Å²) in [4.78, 5) is 18.1. The van der Waals surface area contributed by atoms with Gasteiger partial charge in [-0.25, -0.2) is 13.9 Å². The number of benzene rings is 3. The summed E-state index contributed by atoms with van der Waals surface area (Å²) in [5.74, 6) is 1.18. The Labute approximate surface area is 232 Å². The predicted molar refractivity (Wildman–Crippen MR) is 149 cm³/mol. The molecule has 8 nitrogen and oxygen atoms in total. The van der Waals surface area contributed by atoms with E-state index in [0.29, 0.717) is 49.8 Å². The van der Waals surface area contributed by atoms with Crippen LogP contribution in [0.5, 0.6) is 16.7 Å². The van der Waals surface area contributed by atoms with Gasteiger partial charge in [-0.1, -0.05) is 24.3 Å². The van der Waals surface area contributed by atoms with Crippen molar-refractivity contribution < 1.29 is 27.8 Å². The Hall–Kier alpha value is -4.70. The standard InChI is InChI=1S/C30H24FN3O5S/c1-17-7-20(11-21(31)8-17)25(35)10-18-5-4-6-19(9-18)16-38-26-12-22(36-2)13-27-23(26)14-28(39-27)24-15-34-29(32-24)40-30(33-34)37-3/h4-9,11-15H,10,16H2,1-3H3. The lowest BCUT2D eigenvalue weighted by Gasteiger charge is -2.10. The number of carbonyl (C=O) groups is 1. The van der Waals surface area contributed by atoms with Crippen LogP contribution in [0.4, 0.5) is 4.39 Å². The highest BCUT2D eigenvalue weighted by Crippen LogP contribution is 2.37. The molecule has 40 heavy (non-hydrogen) atoms. The van der Waals surface area contributed by atoms with E-state index < -0.39 is 5.82 Å². The highest BCUT2D eigenvalue weighted by molar-refractivity contribution is 7.18. The van der Waals surface area contributed by atoms with Gasteiger partial charge in [0.25, 0.3) is 5.19 Å². The average Bonchev–Trinajstić information content (AvgIpc) is 3.64. The predicted octanol–water partition coefficient (Wildman–Crippen LogP) is 6.67. The Morgan fingerprint density at radius 1 is 1.05 bits per heavy atom. The Morgan fingerprint density at radius 2 is 1.90 bits per heavy atom. The maximum atomic E-state index is 13.8. The van der Waals surface area contributed by atoms with E-state index in [2.05, 4.69) is 10.1 Å². The van der Waals surface area contributed by atoms with Crippen LogP contribution in [0, 0.1) is 12.7 Å². The second-order valence-electron chi connectivity index (χ2n) is 9.30. The van der Waals surface area contributed by atoms with Gasteiger partial charge < -0.3 is 18.6 Å². The highest BCUT2D eigenvalue weighted by atomic mass is 32.1. The van der Waals surface area contributed by atoms with Crippen LogP contribution in [-0.2, 0) is 13.0 Å². The Bertz CT molecular complexity index is 1820. The number of aryl methyl sites for hydroxylation is 1. The largest absolute Gasteiger partial charge is 0.496 e. The fourth-order valence-corrected chi connectivity index (χ4v) is 5.20.